The molecule has 3 aromatic carbocycles. The van der Waals surface area contributed by atoms with Crippen LogP contribution in [0.15, 0.2) is 91.0 Å². The van der Waals surface area contributed by atoms with Gasteiger partial charge in [-0.25, -0.2) is 4.79 Å². The Bertz CT molecular complexity index is 887. The summed E-state index contributed by atoms with van der Waals surface area (Å²) >= 11 is 4.50. The lowest BCUT2D eigenvalue weighted by molar-refractivity contribution is -0.00863. The van der Waals surface area contributed by atoms with Crippen LogP contribution >= 0.6 is 12.6 Å². The van der Waals surface area contributed by atoms with Crippen LogP contribution in [0.25, 0.3) is 0 Å². The quantitative estimate of drug-likeness (QED) is 0.370. The molecular weight excluding hydrogens is 418 g/mol. The van der Waals surface area contributed by atoms with Crippen LogP contribution in [0.3, 0.4) is 0 Å². The predicted octanol–water partition coefficient (Wildman–Crippen LogP) is 5.51. The molecule has 0 unspecified atom stereocenters. The number of aliphatic hydroxyl groups excluding tert-OH is 1. The van der Waals surface area contributed by atoms with E-state index in [1.807, 2.05) is 112 Å². The molecule has 0 aliphatic heterocycles. The van der Waals surface area contributed by atoms with Gasteiger partial charge in [-0.05, 0) is 37.5 Å². The van der Waals surface area contributed by atoms with Crippen LogP contribution in [0.1, 0.15) is 37.5 Å². The number of hydrogen-bond acceptors (Lipinski definition) is 4. The molecule has 0 spiro atoms. The van der Waals surface area contributed by atoms with Crippen molar-refractivity contribution >= 4 is 18.7 Å². The number of hydrogen-bond donors (Lipinski definition) is 2. The first kappa shape index (κ1) is 23.9. The molecule has 3 rings (SSSR count). The van der Waals surface area contributed by atoms with E-state index in [1.54, 1.807) is 4.90 Å². The second-order valence-corrected chi connectivity index (χ2v) is 9.04. The molecule has 0 aliphatic rings. The third-order valence-corrected chi connectivity index (χ3v) is 5.73. The fraction of sp³-hybridized carbons (Fsp3) is 0.296. The van der Waals surface area contributed by atoms with E-state index in [9.17, 15) is 9.90 Å². The molecule has 0 bridgehead atoms. The average molecular weight is 450 g/mol. The molecule has 0 saturated carbocycles. The number of carbonyl (C=O) groups is 1. The predicted molar refractivity (Wildman–Crippen MR) is 132 cm³/mol. The second-order valence-electron chi connectivity index (χ2n) is 8.68. The van der Waals surface area contributed by atoms with E-state index in [0.29, 0.717) is 0 Å². The van der Waals surface area contributed by atoms with Gasteiger partial charge in [0.15, 0.2) is 0 Å². The molecule has 168 valence electrons. The van der Waals surface area contributed by atoms with Gasteiger partial charge in [-0.2, -0.15) is 12.6 Å². The van der Waals surface area contributed by atoms with Crippen LogP contribution in [-0.2, 0) is 10.3 Å². The summed E-state index contributed by atoms with van der Waals surface area (Å²) in [6.45, 7) is 5.27. The van der Waals surface area contributed by atoms with Gasteiger partial charge in [-0.15, -0.1) is 0 Å². The lowest BCUT2D eigenvalue weighted by Gasteiger charge is -2.48. The zero-order chi connectivity index (χ0) is 23.2. The largest absolute Gasteiger partial charge is 0.444 e. The molecule has 3 aromatic rings. The van der Waals surface area contributed by atoms with E-state index in [1.165, 1.54) is 0 Å². The third kappa shape index (κ3) is 4.84. The molecule has 0 aliphatic carbocycles. The first-order chi connectivity index (χ1) is 15.3. The molecule has 1 atom stereocenters. The van der Waals surface area contributed by atoms with Crippen LogP contribution in [-0.4, -0.2) is 40.1 Å². The van der Waals surface area contributed by atoms with Crippen molar-refractivity contribution in [3.8, 4) is 0 Å². The van der Waals surface area contributed by atoms with Crippen molar-refractivity contribution in [1.29, 1.82) is 0 Å². The van der Waals surface area contributed by atoms with Crippen molar-refractivity contribution in [2.45, 2.75) is 38.0 Å². The smallest absolute Gasteiger partial charge is 0.411 e. The van der Waals surface area contributed by atoms with Crippen LogP contribution in [0, 0.1) is 0 Å². The van der Waals surface area contributed by atoms with E-state index in [-0.39, 0.29) is 12.4 Å². The fourth-order valence-electron chi connectivity index (χ4n) is 4.05. The maximum Gasteiger partial charge on any atom is 0.411 e. The molecule has 1 N–H and O–H groups in total. The van der Waals surface area contributed by atoms with Gasteiger partial charge in [0, 0.05) is 5.75 Å². The summed E-state index contributed by atoms with van der Waals surface area (Å²) in [4.78, 5) is 15.5. The summed E-state index contributed by atoms with van der Waals surface area (Å²) in [6.07, 6.45) is -0.512. The van der Waals surface area contributed by atoms with Gasteiger partial charge in [0.2, 0.25) is 0 Å². The molecular formula is C27H31NO3S. The Morgan fingerprint density at radius 2 is 1.22 bits per heavy atom. The highest BCUT2D eigenvalue weighted by molar-refractivity contribution is 7.80. The Labute approximate surface area is 196 Å². The van der Waals surface area contributed by atoms with Crippen LogP contribution in [0.2, 0.25) is 0 Å². The van der Waals surface area contributed by atoms with Crippen LogP contribution in [0.4, 0.5) is 4.79 Å². The molecule has 0 fully saturated rings. The minimum absolute atomic E-state index is 0.253. The lowest BCUT2D eigenvalue weighted by atomic mass is 9.75. The number of nitrogens with zero attached hydrogens (tertiary/aromatic N) is 1. The third-order valence-electron chi connectivity index (χ3n) is 5.31. The fourth-order valence-corrected chi connectivity index (χ4v) is 4.33. The minimum Gasteiger partial charge on any atom is -0.444 e. The minimum atomic E-state index is -1.04. The molecule has 0 saturated heterocycles. The van der Waals surface area contributed by atoms with E-state index >= 15 is 0 Å². The molecule has 1 amide bonds. The molecule has 4 nitrogen and oxygen atoms in total. The van der Waals surface area contributed by atoms with Gasteiger partial charge in [-0.1, -0.05) is 91.0 Å². The Kier molecular flexibility index (Phi) is 7.64. The normalized spacial score (nSPS) is 12.8. The zero-order valence-electron chi connectivity index (χ0n) is 18.8. The summed E-state index contributed by atoms with van der Waals surface area (Å²) in [5.41, 5.74) is 0.930. The highest BCUT2D eigenvalue weighted by atomic mass is 32.1. The second kappa shape index (κ2) is 10.2. The van der Waals surface area contributed by atoms with Crippen molar-refractivity contribution in [2.24, 2.45) is 0 Å². The topological polar surface area (TPSA) is 49.8 Å². The average Bonchev–Trinajstić information content (AvgIpc) is 2.80. The van der Waals surface area contributed by atoms with Gasteiger partial charge in [0.05, 0.1) is 12.6 Å². The van der Waals surface area contributed by atoms with Crippen molar-refractivity contribution in [3.05, 3.63) is 108 Å². The van der Waals surface area contributed by atoms with Crippen LogP contribution < -0.4 is 0 Å². The number of aliphatic hydroxyl groups is 1. The molecule has 32 heavy (non-hydrogen) atoms. The number of rotatable bonds is 7. The van der Waals surface area contributed by atoms with Crippen molar-refractivity contribution in [3.63, 3.8) is 0 Å². The number of ether oxygens (including phenoxy) is 1. The first-order valence-corrected chi connectivity index (χ1v) is 11.4. The number of benzene rings is 3. The summed E-state index contributed by atoms with van der Waals surface area (Å²) in [5.74, 6) is 0.268. The summed E-state index contributed by atoms with van der Waals surface area (Å²) < 4.78 is 5.90. The van der Waals surface area contributed by atoms with Crippen molar-refractivity contribution in [1.82, 2.24) is 4.90 Å². The summed E-state index contributed by atoms with van der Waals surface area (Å²) in [7, 11) is 0. The zero-order valence-corrected chi connectivity index (χ0v) is 19.7. The van der Waals surface area contributed by atoms with E-state index in [0.717, 1.165) is 16.7 Å². The van der Waals surface area contributed by atoms with Crippen molar-refractivity contribution < 1.29 is 14.6 Å². The maximum atomic E-state index is 13.8. The van der Waals surface area contributed by atoms with Gasteiger partial charge in [0.1, 0.15) is 11.1 Å². The first-order valence-electron chi connectivity index (χ1n) is 10.7. The van der Waals surface area contributed by atoms with Crippen LogP contribution in [0.5, 0.6) is 0 Å². The number of thiol groups is 1. The van der Waals surface area contributed by atoms with Gasteiger partial charge >= 0.3 is 6.09 Å². The number of amides is 1. The van der Waals surface area contributed by atoms with E-state index in [2.05, 4.69) is 12.6 Å². The number of carbonyl (C=O) groups excluding carboxylic acids is 1. The van der Waals surface area contributed by atoms with Gasteiger partial charge in [0.25, 0.3) is 0 Å². The monoisotopic (exact) mass is 449 g/mol. The Balaban J connectivity index is 2.43. The lowest BCUT2D eigenvalue weighted by Crippen LogP contribution is -2.58. The molecule has 0 heterocycles. The van der Waals surface area contributed by atoms with Gasteiger partial charge in [-0.3, -0.25) is 4.90 Å². The highest BCUT2D eigenvalue weighted by Gasteiger charge is 2.48. The summed E-state index contributed by atoms with van der Waals surface area (Å²) in [5, 5.41) is 10.3. The van der Waals surface area contributed by atoms with E-state index < -0.39 is 23.3 Å². The van der Waals surface area contributed by atoms with E-state index in [4.69, 9.17) is 4.74 Å². The van der Waals surface area contributed by atoms with Gasteiger partial charge < -0.3 is 9.84 Å². The standard InChI is InChI=1S/C27H31NO3S/c1-26(2,3)31-25(30)28(24(19-29)20-32)27(21-13-7-4-8-14-21,22-15-9-5-10-16-22)23-17-11-6-12-18-23/h4-18,24,29,32H,19-20H2,1-3H3/t24-/m1/s1. The Hall–Kier alpha value is -2.76. The maximum absolute atomic E-state index is 13.8. The Morgan fingerprint density at radius 1 is 0.844 bits per heavy atom. The SMILES string of the molecule is CC(C)(C)OC(=O)N([C@H](CO)CS)C(c1ccccc1)(c1ccccc1)c1ccccc1. The summed E-state index contributed by atoms with van der Waals surface area (Å²) in [6, 6.07) is 29.0. The highest BCUT2D eigenvalue weighted by Crippen LogP contribution is 2.44. The molecule has 0 radical (unpaired) electrons. The molecule has 5 heteroatoms. The Morgan fingerprint density at radius 3 is 1.50 bits per heavy atom. The van der Waals surface area contributed by atoms with Crippen molar-refractivity contribution in [2.75, 3.05) is 12.4 Å². The molecule has 0 aromatic heterocycles.